The smallest absolute Gasteiger partial charge is 0.138 e. The molecule has 0 aliphatic carbocycles. The molecule has 0 saturated heterocycles. The number of rotatable bonds is 6. The molecule has 1 aromatic heterocycles. The van der Waals surface area contributed by atoms with Crippen molar-refractivity contribution in [2.45, 2.75) is 47.0 Å². The summed E-state index contributed by atoms with van der Waals surface area (Å²) in [5.41, 5.74) is 0.797. The number of hydrogen-bond acceptors (Lipinski definition) is 3. The van der Waals surface area contributed by atoms with Crippen LogP contribution in [0.2, 0.25) is 0 Å². The first-order chi connectivity index (χ1) is 8.43. The lowest BCUT2D eigenvalue weighted by Crippen LogP contribution is -2.20. The van der Waals surface area contributed by atoms with Gasteiger partial charge in [-0.3, -0.25) is 9.78 Å². The molecular weight excluding hydrogens is 226 g/mol. The molecule has 0 N–H and O–H groups in total. The van der Waals surface area contributed by atoms with Gasteiger partial charge in [0.2, 0.25) is 0 Å². The van der Waals surface area contributed by atoms with Gasteiger partial charge in [-0.1, -0.05) is 27.7 Å². The molecule has 18 heavy (non-hydrogen) atoms. The van der Waals surface area contributed by atoms with E-state index in [-0.39, 0.29) is 11.2 Å². The van der Waals surface area contributed by atoms with E-state index < -0.39 is 0 Å². The van der Waals surface area contributed by atoms with Crippen molar-refractivity contribution in [2.24, 2.45) is 5.41 Å². The fraction of sp³-hybridized carbons (Fsp3) is 0.600. The summed E-state index contributed by atoms with van der Waals surface area (Å²) in [5.74, 6) is 1.07. The van der Waals surface area contributed by atoms with Crippen LogP contribution in [0.25, 0.3) is 0 Å². The van der Waals surface area contributed by atoms with Gasteiger partial charge < -0.3 is 4.74 Å². The largest absolute Gasteiger partial charge is 0.492 e. The molecule has 0 aliphatic heterocycles. The van der Waals surface area contributed by atoms with Gasteiger partial charge in [0.1, 0.15) is 11.5 Å². The zero-order chi connectivity index (χ0) is 13.6. The summed E-state index contributed by atoms with van der Waals surface area (Å²) in [7, 11) is 0. The highest BCUT2D eigenvalue weighted by atomic mass is 16.5. The molecule has 3 heteroatoms. The molecule has 1 heterocycles. The van der Waals surface area contributed by atoms with Crippen LogP contribution < -0.4 is 4.74 Å². The van der Waals surface area contributed by atoms with Crippen LogP contribution in [0.1, 0.15) is 46.1 Å². The lowest BCUT2D eigenvalue weighted by atomic mass is 9.87. The van der Waals surface area contributed by atoms with E-state index in [1.54, 1.807) is 12.4 Å². The number of carbonyl (C=O) groups is 1. The molecule has 0 spiro atoms. The molecule has 0 bridgehead atoms. The van der Waals surface area contributed by atoms with Crippen LogP contribution in [-0.2, 0) is 11.2 Å². The first kappa shape index (κ1) is 14.7. The van der Waals surface area contributed by atoms with Crippen LogP contribution in [-0.4, -0.2) is 17.4 Å². The minimum atomic E-state index is -0.260. The number of Topliss-reactive ketones (excluding diaryl/α,β-unsaturated/α-hetero) is 1. The van der Waals surface area contributed by atoms with Gasteiger partial charge >= 0.3 is 0 Å². The number of aromatic nitrogens is 1. The summed E-state index contributed by atoms with van der Waals surface area (Å²) in [6.07, 6.45) is 5.78. The van der Waals surface area contributed by atoms with Crippen molar-refractivity contribution >= 4 is 5.78 Å². The molecule has 100 valence electrons. The van der Waals surface area contributed by atoms with Crippen LogP contribution >= 0.6 is 0 Å². The molecule has 0 amide bonds. The molecular formula is C15H23NO2. The molecule has 0 radical (unpaired) electrons. The third-order valence-corrected chi connectivity index (χ3v) is 2.72. The van der Waals surface area contributed by atoms with Gasteiger partial charge in [-0.25, -0.2) is 0 Å². The van der Waals surface area contributed by atoms with Gasteiger partial charge in [0.25, 0.3) is 0 Å². The van der Waals surface area contributed by atoms with E-state index in [0.717, 1.165) is 24.2 Å². The van der Waals surface area contributed by atoms with Crippen molar-refractivity contribution < 1.29 is 9.53 Å². The van der Waals surface area contributed by atoms with E-state index in [4.69, 9.17) is 4.74 Å². The Morgan fingerprint density at radius 2 is 2.06 bits per heavy atom. The predicted molar refractivity (Wildman–Crippen MR) is 72.8 cm³/mol. The Morgan fingerprint density at radius 3 is 2.67 bits per heavy atom. The summed E-state index contributed by atoms with van der Waals surface area (Å²) in [4.78, 5) is 16.0. The van der Waals surface area contributed by atoms with Gasteiger partial charge in [-0.2, -0.15) is 0 Å². The Hall–Kier alpha value is -1.38. The number of ether oxygens (including phenoxy) is 1. The van der Waals surface area contributed by atoms with Gasteiger partial charge in [0, 0.05) is 18.0 Å². The van der Waals surface area contributed by atoms with Crippen LogP contribution in [0, 0.1) is 5.41 Å². The maximum Gasteiger partial charge on any atom is 0.138 e. The molecule has 0 atom stereocenters. The fourth-order valence-corrected chi connectivity index (χ4v) is 1.53. The minimum absolute atomic E-state index is 0.260. The maximum atomic E-state index is 11.8. The van der Waals surface area contributed by atoms with Crippen molar-refractivity contribution in [3.05, 3.63) is 24.0 Å². The zero-order valence-electron chi connectivity index (χ0n) is 11.8. The van der Waals surface area contributed by atoms with Crippen molar-refractivity contribution in [3.63, 3.8) is 0 Å². The zero-order valence-corrected chi connectivity index (χ0v) is 11.8. The van der Waals surface area contributed by atoms with Crippen molar-refractivity contribution in [2.75, 3.05) is 6.61 Å². The standard InChI is InChI=1S/C15H23NO2/c1-5-8-18-13-9-12(10-16-11-13)6-7-14(17)15(2,3)4/h9-11H,5-8H2,1-4H3. The Labute approximate surface area is 110 Å². The van der Waals surface area contributed by atoms with E-state index in [1.807, 2.05) is 26.8 Å². The number of ketones is 1. The van der Waals surface area contributed by atoms with E-state index in [0.29, 0.717) is 13.0 Å². The fourth-order valence-electron chi connectivity index (χ4n) is 1.53. The second kappa shape index (κ2) is 6.53. The molecule has 0 aliphatic rings. The third-order valence-electron chi connectivity index (χ3n) is 2.72. The van der Waals surface area contributed by atoms with Gasteiger partial charge in [-0.15, -0.1) is 0 Å². The average molecular weight is 249 g/mol. The Kier molecular flexibility index (Phi) is 5.32. The van der Waals surface area contributed by atoms with E-state index >= 15 is 0 Å². The highest BCUT2D eigenvalue weighted by Gasteiger charge is 2.20. The number of pyridine rings is 1. The molecule has 0 fully saturated rings. The first-order valence-corrected chi connectivity index (χ1v) is 6.53. The topological polar surface area (TPSA) is 39.2 Å². The number of hydrogen-bond donors (Lipinski definition) is 0. The molecule has 0 aromatic carbocycles. The third kappa shape index (κ3) is 4.86. The SMILES string of the molecule is CCCOc1cncc(CCC(=O)C(C)(C)C)c1. The lowest BCUT2D eigenvalue weighted by molar-refractivity contribution is -0.126. The van der Waals surface area contributed by atoms with Crippen LogP contribution in [0.4, 0.5) is 0 Å². The van der Waals surface area contributed by atoms with Crippen molar-refractivity contribution in [3.8, 4) is 5.75 Å². The monoisotopic (exact) mass is 249 g/mol. The summed E-state index contributed by atoms with van der Waals surface area (Å²) in [5, 5.41) is 0. The van der Waals surface area contributed by atoms with Crippen LogP contribution in [0.3, 0.4) is 0 Å². The average Bonchev–Trinajstić information content (AvgIpc) is 2.32. The van der Waals surface area contributed by atoms with Gasteiger partial charge in [0.05, 0.1) is 12.8 Å². The summed E-state index contributed by atoms with van der Waals surface area (Å²) >= 11 is 0. The Bertz CT molecular complexity index is 394. The van der Waals surface area contributed by atoms with Crippen molar-refractivity contribution in [1.29, 1.82) is 0 Å². The van der Waals surface area contributed by atoms with E-state index in [1.165, 1.54) is 0 Å². The van der Waals surface area contributed by atoms with E-state index in [9.17, 15) is 4.79 Å². The quantitative estimate of drug-likeness (QED) is 0.775. The Morgan fingerprint density at radius 1 is 1.33 bits per heavy atom. The lowest BCUT2D eigenvalue weighted by Gasteiger charge is -2.16. The first-order valence-electron chi connectivity index (χ1n) is 6.53. The second-order valence-corrected chi connectivity index (χ2v) is 5.55. The number of carbonyl (C=O) groups excluding carboxylic acids is 1. The Balaban J connectivity index is 2.55. The molecule has 0 saturated carbocycles. The van der Waals surface area contributed by atoms with Crippen LogP contribution in [0.5, 0.6) is 5.75 Å². The minimum Gasteiger partial charge on any atom is -0.492 e. The van der Waals surface area contributed by atoms with E-state index in [2.05, 4.69) is 11.9 Å². The molecule has 3 nitrogen and oxygen atoms in total. The second-order valence-electron chi connectivity index (χ2n) is 5.55. The summed E-state index contributed by atoms with van der Waals surface area (Å²) in [6, 6.07) is 1.97. The predicted octanol–water partition coefficient (Wildman–Crippen LogP) is 3.42. The number of aryl methyl sites for hydroxylation is 1. The molecule has 1 rings (SSSR count). The number of nitrogens with zero attached hydrogens (tertiary/aromatic N) is 1. The van der Waals surface area contributed by atoms with Crippen molar-refractivity contribution in [1.82, 2.24) is 4.98 Å². The normalized spacial score (nSPS) is 11.3. The maximum absolute atomic E-state index is 11.8. The van der Waals surface area contributed by atoms with Crippen LogP contribution in [0.15, 0.2) is 18.5 Å². The summed E-state index contributed by atoms with van der Waals surface area (Å²) in [6.45, 7) is 8.63. The highest BCUT2D eigenvalue weighted by molar-refractivity contribution is 5.83. The highest BCUT2D eigenvalue weighted by Crippen LogP contribution is 2.19. The molecule has 0 unspecified atom stereocenters. The summed E-state index contributed by atoms with van der Waals surface area (Å²) < 4.78 is 5.52. The van der Waals surface area contributed by atoms with Gasteiger partial charge in [-0.05, 0) is 24.5 Å². The molecule has 1 aromatic rings. The van der Waals surface area contributed by atoms with Gasteiger partial charge in [0.15, 0.2) is 0 Å².